The van der Waals surface area contributed by atoms with Gasteiger partial charge in [-0.1, -0.05) is 23.7 Å². The molecule has 1 nitrogen and oxygen atoms in total. The summed E-state index contributed by atoms with van der Waals surface area (Å²) in [6.07, 6.45) is 1.56. The molecule has 1 aromatic heterocycles. The number of halogens is 2. The maximum absolute atomic E-state index is 13.1. The predicted molar refractivity (Wildman–Crippen MR) is 46.7 cm³/mol. The largest absolute Gasteiger partial charge is 0.244 e. The van der Waals surface area contributed by atoms with Crippen LogP contribution < -0.4 is 0 Å². The van der Waals surface area contributed by atoms with Crippen LogP contribution >= 0.6 is 11.6 Å². The zero-order chi connectivity index (χ0) is 8.55. The predicted octanol–water partition coefficient (Wildman–Crippen LogP) is 3.03. The smallest absolute Gasteiger partial charge is 0.131 e. The zero-order valence-corrected chi connectivity index (χ0v) is 6.85. The van der Waals surface area contributed by atoms with Crippen molar-refractivity contribution in [2.75, 3.05) is 0 Å². The van der Waals surface area contributed by atoms with Crippen molar-refractivity contribution < 1.29 is 4.39 Å². The van der Waals surface area contributed by atoms with Gasteiger partial charge < -0.3 is 0 Å². The summed E-state index contributed by atoms with van der Waals surface area (Å²) < 4.78 is 13.1. The SMILES string of the molecule is Fc1cccc2cnc(Cl)cc12. The highest BCUT2D eigenvalue weighted by Gasteiger charge is 1.99. The van der Waals surface area contributed by atoms with E-state index >= 15 is 0 Å². The van der Waals surface area contributed by atoms with Crippen molar-refractivity contribution in [1.82, 2.24) is 4.98 Å². The van der Waals surface area contributed by atoms with Gasteiger partial charge in [0, 0.05) is 17.0 Å². The fourth-order valence-electron chi connectivity index (χ4n) is 1.11. The Bertz CT molecular complexity index is 428. The van der Waals surface area contributed by atoms with Gasteiger partial charge in [0.1, 0.15) is 11.0 Å². The number of fused-ring (bicyclic) bond motifs is 1. The molecule has 60 valence electrons. The molecule has 3 heteroatoms. The summed E-state index contributed by atoms with van der Waals surface area (Å²) in [5, 5.41) is 1.59. The summed E-state index contributed by atoms with van der Waals surface area (Å²) >= 11 is 5.61. The fourth-order valence-corrected chi connectivity index (χ4v) is 1.26. The van der Waals surface area contributed by atoms with E-state index in [1.165, 1.54) is 12.1 Å². The van der Waals surface area contributed by atoms with E-state index < -0.39 is 0 Å². The van der Waals surface area contributed by atoms with E-state index in [1.54, 1.807) is 18.3 Å². The first-order valence-electron chi connectivity index (χ1n) is 3.47. The molecule has 0 N–H and O–H groups in total. The third kappa shape index (κ3) is 1.14. The molecule has 0 atom stereocenters. The summed E-state index contributed by atoms with van der Waals surface area (Å²) in [7, 11) is 0. The van der Waals surface area contributed by atoms with Gasteiger partial charge in [-0.15, -0.1) is 0 Å². The second-order valence-electron chi connectivity index (χ2n) is 2.47. The standard InChI is InChI=1S/C9H5ClFN/c10-9-4-7-6(5-12-9)2-1-3-8(7)11/h1-5H. The summed E-state index contributed by atoms with van der Waals surface area (Å²) in [6, 6.07) is 6.36. The molecule has 0 unspecified atom stereocenters. The van der Waals surface area contributed by atoms with Crippen molar-refractivity contribution in [3.8, 4) is 0 Å². The monoisotopic (exact) mass is 181 g/mol. The number of hydrogen-bond acceptors (Lipinski definition) is 1. The number of pyridine rings is 1. The third-order valence-electron chi connectivity index (χ3n) is 1.68. The van der Waals surface area contributed by atoms with E-state index in [2.05, 4.69) is 4.98 Å². The van der Waals surface area contributed by atoms with Gasteiger partial charge in [0.15, 0.2) is 0 Å². The van der Waals surface area contributed by atoms with Crippen LogP contribution in [0.4, 0.5) is 4.39 Å². The lowest BCUT2D eigenvalue weighted by Crippen LogP contribution is -1.81. The minimum Gasteiger partial charge on any atom is -0.244 e. The number of hydrogen-bond donors (Lipinski definition) is 0. The van der Waals surface area contributed by atoms with E-state index in [1.807, 2.05) is 0 Å². The van der Waals surface area contributed by atoms with Crippen molar-refractivity contribution in [3.63, 3.8) is 0 Å². The van der Waals surface area contributed by atoms with Gasteiger partial charge in [0.25, 0.3) is 0 Å². The Kier molecular flexibility index (Phi) is 1.70. The van der Waals surface area contributed by atoms with Crippen molar-refractivity contribution >= 4 is 22.4 Å². The van der Waals surface area contributed by atoms with Gasteiger partial charge in [-0.3, -0.25) is 0 Å². The molecule has 0 aliphatic rings. The van der Waals surface area contributed by atoms with Crippen molar-refractivity contribution in [1.29, 1.82) is 0 Å². The van der Waals surface area contributed by atoms with Crippen LogP contribution in [0.3, 0.4) is 0 Å². The number of nitrogens with zero attached hydrogens (tertiary/aromatic N) is 1. The quantitative estimate of drug-likeness (QED) is 0.570. The summed E-state index contributed by atoms with van der Waals surface area (Å²) in [5.74, 6) is -0.267. The summed E-state index contributed by atoms with van der Waals surface area (Å²) in [6.45, 7) is 0. The van der Waals surface area contributed by atoms with Gasteiger partial charge >= 0.3 is 0 Å². The minimum atomic E-state index is -0.267. The highest BCUT2D eigenvalue weighted by molar-refractivity contribution is 6.30. The Labute approximate surface area is 73.8 Å². The Hall–Kier alpha value is -1.15. The second kappa shape index (κ2) is 2.72. The van der Waals surface area contributed by atoms with Crippen molar-refractivity contribution in [2.45, 2.75) is 0 Å². The molecule has 0 aliphatic heterocycles. The molecule has 0 bridgehead atoms. The molecule has 1 heterocycles. The molecule has 2 rings (SSSR count). The summed E-state index contributed by atoms with van der Waals surface area (Å²) in [4.78, 5) is 3.85. The number of benzene rings is 1. The van der Waals surface area contributed by atoms with Crippen LogP contribution in [0.15, 0.2) is 30.5 Å². The lowest BCUT2D eigenvalue weighted by molar-refractivity contribution is 0.640. The molecule has 1 aromatic carbocycles. The average molecular weight is 182 g/mol. The van der Waals surface area contributed by atoms with E-state index in [0.29, 0.717) is 10.5 Å². The lowest BCUT2D eigenvalue weighted by atomic mass is 10.2. The van der Waals surface area contributed by atoms with Gasteiger partial charge in [-0.25, -0.2) is 9.37 Å². The molecule has 0 radical (unpaired) electrons. The molecule has 0 fully saturated rings. The van der Waals surface area contributed by atoms with Crippen LogP contribution in [-0.4, -0.2) is 4.98 Å². The molecule has 2 aromatic rings. The van der Waals surface area contributed by atoms with E-state index in [4.69, 9.17) is 11.6 Å². The first-order valence-corrected chi connectivity index (χ1v) is 3.85. The van der Waals surface area contributed by atoms with Crippen LogP contribution in [-0.2, 0) is 0 Å². The van der Waals surface area contributed by atoms with Crippen molar-refractivity contribution in [2.24, 2.45) is 0 Å². The average Bonchev–Trinajstić information content (AvgIpc) is 2.07. The molecule has 0 saturated carbocycles. The Morgan fingerprint density at radius 2 is 2.17 bits per heavy atom. The lowest BCUT2D eigenvalue weighted by Gasteiger charge is -1.97. The van der Waals surface area contributed by atoms with Gasteiger partial charge in [0.2, 0.25) is 0 Å². The molecule has 0 amide bonds. The maximum atomic E-state index is 13.1. The molecular formula is C9H5ClFN. The van der Waals surface area contributed by atoms with Gasteiger partial charge in [-0.05, 0) is 12.1 Å². The highest BCUT2D eigenvalue weighted by Crippen LogP contribution is 2.19. The number of aromatic nitrogens is 1. The molecule has 0 saturated heterocycles. The molecule has 0 aliphatic carbocycles. The fraction of sp³-hybridized carbons (Fsp3) is 0. The molecular weight excluding hydrogens is 177 g/mol. The van der Waals surface area contributed by atoms with Gasteiger partial charge in [-0.2, -0.15) is 0 Å². The first-order chi connectivity index (χ1) is 5.77. The maximum Gasteiger partial charge on any atom is 0.131 e. The number of rotatable bonds is 0. The van der Waals surface area contributed by atoms with Crippen molar-refractivity contribution in [3.05, 3.63) is 41.4 Å². The van der Waals surface area contributed by atoms with Crippen LogP contribution in [0, 0.1) is 5.82 Å². The molecule has 0 spiro atoms. The van der Waals surface area contributed by atoms with Crippen LogP contribution in [0.2, 0.25) is 5.15 Å². The van der Waals surface area contributed by atoms with Crippen LogP contribution in [0.25, 0.3) is 10.8 Å². The highest BCUT2D eigenvalue weighted by atomic mass is 35.5. The Balaban J connectivity index is 2.88. The first kappa shape index (κ1) is 7.50. The van der Waals surface area contributed by atoms with E-state index in [-0.39, 0.29) is 5.82 Å². The summed E-state index contributed by atoms with van der Waals surface area (Å²) in [5.41, 5.74) is 0. The Morgan fingerprint density at radius 1 is 1.33 bits per heavy atom. The van der Waals surface area contributed by atoms with Crippen LogP contribution in [0.5, 0.6) is 0 Å². The van der Waals surface area contributed by atoms with E-state index in [0.717, 1.165) is 5.39 Å². The third-order valence-corrected chi connectivity index (χ3v) is 1.88. The topological polar surface area (TPSA) is 12.9 Å². The van der Waals surface area contributed by atoms with Gasteiger partial charge in [0.05, 0.1) is 0 Å². The van der Waals surface area contributed by atoms with Crippen LogP contribution in [0.1, 0.15) is 0 Å². The van der Waals surface area contributed by atoms with E-state index in [9.17, 15) is 4.39 Å². The minimum absolute atomic E-state index is 0.267. The Morgan fingerprint density at radius 3 is 3.00 bits per heavy atom. The zero-order valence-electron chi connectivity index (χ0n) is 6.09. The second-order valence-corrected chi connectivity index (χ2v) is 2.86. The normalized spacial score (nSPS) is 10.5. The molecule has 12 heavy (non-hydrogen) atoms.